The number of aliphatic hydroxyl groups is 1. The molecule has 0 aliphatic heterocycles. The number of nitrogens with zero attached hydrogens (tertiary/aromatic N) is 1. The summed E-state index contributed by atoms with van der Waals surface area (Å²) in [5.74, 6) is -0.207. The van der Waals surface area contributed by atoms with E-state index in [-0.39, 0.29) is 17.8 Å². The van der Waals surface area contributed by atoms with E-state index in [4.69, 9.17) is 16.3 Å². The molecule has 9 heteroatoms. The Morgan fingerprint density at radius 1 is 1.08 bits per heavy atom. The van der Waals surface area contributed by atoms with Gasteiger partial charge >= 0.3 is 0 Å². The van der Waals surface area contributed by atoms with Crippen molar-refractivity contribution >= 4 is 28.7 Å². The Labute approximate surface area is 238 Å². The second kappa shape index (κ2) is 12.4. The summed E-state index contributed by atoms with van der Waals surface area (Å²) in [4.78, 5) is 26.5. The van der Waals surface area contributed by atoms with Gasteiger partial charge in [0.2, 0.25) is 0 Å². The maximum Gasteiger partial charge on any atom is 0.250 e. The molecule has 3 atom stereocenters. The van der Waals surface area contributed by atoms with Crippen molar-refractivity contribution in [3.63, 3.8) is 0 Å². The van der Waals surface area contributed by atoms with E-state index in [1.165, 1.54) is 10.6 Å². The summed E-state index contributed by atoms with van der Waals surface area (Å²) >= 11 is 4.49. The Kier molecular flexibility index (Phi) is 9.86. The smallest absolute Gasteiger partial charge is 0.250 e. The normalized spacial score (nSPS) is 14.6. The number of nitrogens with one attached hydrogen (secondary N) is 1. The van der Waals surface area contributed by atoms with Crippen molar-refractivity contribution in [3.05, 3.63) is 92.9 Å². The molecule has 0 aliphatic rings. The first kappa shape index (κ1) is 31.1. The van der Waals surface area contributed by atoms with Gasteiger partial charge in [-0.25, -0.2) is 0 Å². The zero-order chi connectivity index (χ0) is 29.1. The van der Waals surface area contributed by atoms with Crippen molar-refractivity contribution in [2.24, 2.45) is 7.05 Å². The second-order valence-electron chi connectivity index (χ2n) is 11.4. The molecule has 0 aliphatic carbocycles. The lowest BCUT2D eigenvalue weighted by molar-refractivity contribution is -0.170. The van der Waals surface area contributed by atoms with E-state index in [0.29, 0.717) is 32.8 Å². The second-order valence-corrected chi connectivity index (χ2v) is 13.9. The summed E-state index contributed by atoms with van der Waals surface area (Å²) in [6.07, 6.45) is 0.478. The Hall–Kier alpha value is -2.46. The molecule has 3 aromatic rings. The summed E-state index contributed by atoms with van der Waals surface area (Å²) in [7, 11) is 1.63. The highest BCUT2D eigenvalue weighted by Crippen LogP contribution is 2.34. The molecular formula is C30H37ClN2O5S. The first-order chi connectivity index (χ1) is 18.1. The summed E-state index contributed by atoms with van der Waals surface area (Å²) in [6.45, 7) is 11.0. The average Bonchev–Trinajstić information content (AvgIpc) is 2.83. The van der Waals surface area contributed by atoms with Crippen LogP contribution in [0.15, 0.2) is 65.6 Å². The number of ether oxygens (including phenoxy) is 1. The highest BCUT2D eigenvalue weighted by atomic mass is 35.5. The molecule has 2 aromatic carbocycles. The molecule has 0 radical (unpaired) electrons. The van der Waals surface area contributed by atoms with Gasteiger partial charge in [-0.15, -0.1) is 4.72 Å². The predicted molar refractivity (Wildman–Crippen MR) is 157 cm³/mol. The fourth-order valence-electron chi connectivity index (χ4n) is 4.03. The van der Waals surface area contributed by atoms with Gasteiger partial charge in [-0.1, -0.05) is 35.9 Å². The monoisotopic (exact) mass is 572 g/mol. The molecule has 7 nitrogen and oxygen atoms in total. The Bertz CT molecular complexity index is 1360. The minimum atomic E-state index is -1.54. The first-order valence-electron chi connectivity index (χ1n) is 12.7. The first-order valence-corrected chi connectivity index (χ1v) is 14.2. The van der Waals surface area contributed by atoms with Crippen molar-refractivity contribution in [2.45, 2.75) is 70.6 Å². The highest BCUT2D eigenvalue weighted by molar-refractivity contribution is 7.90. The van der Waals surface area contributed by atoms with Gasteiger partial charge in [0, 0.05) is 58.8 Å². The topological polar surface area (TPSA) is 104 Å². The number of aromatic nitrogens is 1. The number of hydrogen-bond donors (Lipinski definition) is 2. The molecule has 3 rings (SSSR count). The maximum atomic E-state index is 13.6. The zero-order valence-electron chi connectivity index (χ0n) is 23.4. The third-order valence-corrected chi connectivity index (χ3v) is 7.80. The fourth-order valence-corrected chi connectivity index (χ4v) is 4.99. The van der Waals surface area contributed by atoms with Gasteiger partial charge < -0.3 is 19.0 Å². The number of pyridine rings is 1. The molecule has 0 amide bonds. The third kappa shape index (κ3) is 8.27. The third-order valence-electron chi connectivity index (χ3n) is 5.94. The van der Waals surface area contributed by atoms with Gasteiger partial charge in [0.15, 0.2) is 12.1 Å². The molecule has 0 bridgehead atoms. The van der Waals surface area contributed by atoms with Gasteiger partial charge in [0.25, 0.3) is 5.56 Å². The van der Waals surface area contributed by atoms with Crippen LogP contribution in [0.25, 0.3) is 11.1 Å². The van der Waals surface area contributed by atoms with Crippen molar-refractivity contribution in [1.29, 1.82) is 0 Å². The van der Waals surface area contributed by atoms with Crippen LogP contribution in [0.5, 0.6) is 0 Å². The summed E-state index contributed by atoms with van der Waals surface area (Å²) in [6, 6.07) is 14.5. The quantitative estimate of drug-likeness (QED) is 0.198. The molecule has 2 N–H and O–H groups in total. The van der Waals surface area contributed by atoms with Gasteiger partial charge in [0.05, 0.1) is 11.6 Å². The Morgan fingerprint density at radius 3 is 2.28 bits per heavy atom. The maximum absolute atomic E-state index is 13.6. The standard InChI is InChI=1S/C30H37ClN2O5S/c1-29(2,3)38-27(35)17-25(32-39(37)30(4,5)6)23-16-26(34)33(7)18-24(23)21-10-8-9-11-22(21)28(36)19-12-14-20(31)15-13-19/h8-16,18,25,27,32,35H,17H2,1-7H3/t25-,27?,39-/m0/s1. The Balaban J connectivity index is 2.19. The van der Waals surface area contributed by atoms with E-state index < -0.39 is 34.0 Å². The molecule has 0 saturated heterocycles. The van der Waals surface area contributed by atoms with Crippen LogP contribution in [-0.4, -0.2) is 36.6 Å². The van der Waals surface area contributed by atoms with Crippen LogP contribution in [0.3, 0.4) is 0 Å². The van der Waals surface area contributed by atoms with E-state index in [9.17, 15) is 19.2 Å². The molecule has 210 valence electrons. The van der Waals surface area contributed by atoms with Crippen LogP contribution >= 0.6 is 11.6 Å². The molecular weight excluding hydrogens is 536 g/mol. The van der Waals surface area contributed by atoms with Crippen LogP contribution in [0.4, 0.5) is 0 Å². The lowest BCUT2D eigenvalue weighted by Crippen LogP contribution is -2.43. The number of rotatable bonds is 9. The number of aryl methyl sites for hydroxylation is 1. The van der Waals surface area contributed by atoms with Crippen molar-refractivity contribution in [3.8, 4) is 11.1 Å². The summed E-state index contributed by atoms with van der Waals surface area (Å²) in [5.41, 5.74) is 1.69. The van der Waals surface area contributed by atoms with Crippen LogP contribution in [-0.2, 0) is 23.1 Å². The lowest BCUT2D eigenvalue weighted by atomic mass is 9.89. The van der Waals surface area contributed by atoms with Gasteiger partial charge in [-0.05, 0) is 76.9 Å². The number of aliphatic hydroxyl groups excluding tert-OH is 1. The number of benzene rings is 2. The summed E-state index contributed by atoms with van der Waals surface area (Å²) < 4.78 is 22.9. The number of carbonyl (C=O) groups excluding carboxylic acids is 1. The van der Waals surface area contributed by atoms with Crippen LogP contribution in [0, 0.1) is 0 Å². The molecule has 1 aromatic heterocycles. The lowest BCUT2D eigenvalue weighted by Gasteiger charge is -2.31. The minimum absolute atomic E-state index is 0.0204. The average molecular weight is 573 g/mol. The van der Waals surface area contributed by atoms with Gasteiger partial charge in [-0.3, -0.25) is 9.59 Å². The largest absolute Gasteiger partial charge is 0.598 e. The van der Waals surface area contributed by atoms with Gasteiger partial charge in [0.1, 0.15) is 4.75 Å². The minimum Gasteiger partial charge on any atom is -0.598 e. The zero-order valence-corrected chi connectivity index (χ0v) is 25.0. The number of halogens is 1. The van der Waals surface area contributed by atoms with E-state index in [2.05, 4.69) is 4.72 Å². The molecule has 0 spiro atoms. The van der Waals surface area contributed by atoms with E-state index >= 15 is 0 Å². The number of hydrogen-bond acceptors (Lipinski definition) is 6. The van der Waals surface area contributed by atoms with Crippen LogP contribution in [0.1, 0.15) is 75.5 Å². The molecule has 39 heavy (non-hydrogen) atoms. The van der Waals surface area contributed by atoms with Crippen LogP contribution < -0.4 is 10.3 Å². The fraction of sp³-hybridized carbons (Fsp3) is 0.400. The predicted octanol–water partition coefficient (Wildman–Crippen LogP) is 5.55. The van der Waals surface area contributed by atoms with E-state index in [1.807, 2.05) is 53.7 Å². The van der Waals surface area contributed by atoms with Crippen molar-refractivity contribution < 1.29 is 19.2 Å². The number of carbonyl (C=O) groups is 1. The molecule has 0 saturated carbocycles. The van der Waals surface area contributed by atoms with E-state index in [1.54, 1.807) is 49.6 Å². The van der Waals surface area contributed by atoms with Gasteiger partial charge in [-0.2, -0.15) is 0 Å². The summed E-state index contributed by atoms with van der Waals surface area (Å²) in [5, 5.41) is 11.3. The molecule has 0 fully saturated rings. The molecule has 1 unspecified atom stereocenters. The molecule has 1 heterocycles. The van der Waals surface area contributed by atoms with Crippen molar-refractivity contribution in [1.82, 2.24) is 9.29 Å². The van der Waals surface area contributed by atoms with Crippen LogP contribution in [0.2, 0.25) is 5.02 Å². The SMILES string of the molecule is Cn1cc(-c2ccccc2C(=O)c2ccc(Cl)cc2)c([C@H](CC(O)OC(C)(C)C)N[S@@+]([O-])C(C)(C)C)cc1=O. The van der Waals surface area contributed by atoms with Crippen molar-refractivity contribution in [2.75, 3.05) is 0 Å². The highest BCUT2D eigenvalue weighted by Gasteiger charge is 2.33. The Morgan fingerprint density at radius 2 is 1.69 bits per heavy atom. The van der Waals surface area contributed by atoms with E-state index in [0.717, 1.165) is 0 Å². The number of ketones is 1.